The van der Waals surface area contributed by atoms with Crippen LogP contribution in [0.4, 0.5) is 0 Å². The molecule has 3 nitrogen and oxygen atoms in total. The van der Waals surface area contributed by atoms with Crippen LogP contribution in [0, 0.1) is 29.1 Å². The fraction of sp³-hybridized carbons (Fsp3) is 0.917. The summed E-state index contributed by atoms with van der Waals surface area (Å²) in [4.78, 5) is 0. The highest BCUT2D eigenvalue weighted by Crippen LogP contribution is 2.37. The lowest BCUT2D eigenvalue weighted by Gasteiger charge is -2.36. The third kappa shape index (κ3) is 2.98. The Balaban J connectivity index is 2.92. The molecule has 1 aliphatic carbocycles. The fourth-order valence-corrected chi connectivity index (χ4v) is 4.72. The topological polar surface area (TPSA) is 57.9 Å². The molecule has 0 saturated heterocycles. The van der Waals surface area contributed by atoms with Crippen LogP contribution >= 0.6 is 0 Å². The van der Waals surface area contributed by atoms with Crippen molar-refractivity contribution in [1.82, 2.24) is 0 Å². The maximum absolute atomic E-state index is 12.0. The third-order valence-electron chi connectivity index (χ3n) is 3.69. The van der Waals surface area contributed by atoms with Crippen LogP contribution in [0.15, 0.2) is 0 Å². The number of sulfone groups is 1. The SMILES string of the molecule is CC(C)[C@@H]1CC[C@@H](C)C[C@@H]1S(=O)(=O)CC#N. The Bertz CT molecular complexity index is 367. The molecule has 1 fully saturated rings. The predicted molar refractivity (Wildman–Crippen MR) is 64.5 cm³/mol. The molecule has 16 heavy (non-hydrogen) atoms. The summed E-state index contributed by atoms with van der Waals surface area (Å²) in [5.41, 5.74) is 0. The van der Waals surface area contributed by atoms with Gasteiger partial charge in [0.05, 0.1) is 11.3 Å². The Kier molecular flexibility index (Phi) is 4.37. The van der Waals surface area contributed by atoms with E-state index in [-0.39, 0.29) is 16.9 Å². The van der Waals surface area contributed by atoms with Gasteiger partial charge in [0.2, 0.25) is 0 Å². The van der Waals surface area contributed by atoms with E-state index >= 15 is 0 Å². The van der Waals surface area contributed by atoms with Crippen molar-refractivity contribution in [3.63, 3.8) is 0 Å². The van der Waals surface area contributed by atoms with Crippen LogP contribution in [-0.4, -0.2) is 19.4 Å². The molecule has 0 aromatic heterocycles. The minimum Gasteiger partial charge on any atom is -0.227 e. The molecule has 4 heteroatoms. The summed E-state index contributed by atoms with van der Waals surface area (Å²) in [7, 11) is -3.22. The summed E-state index contributed by atoms with van der Waals surface area (Å²) in [6.07, 6.45) is 2.82. The number of nitrogens with zero attached hydrogens (tertiary/aromatic N) is 1. The van der Waals surface area contributed by atoms with Crippen molar-refractivity contribution in [2.24, 2.45) is 17.8 Å². The van der Waals surface area contributed by atoms with Crippen molar-refractivity contribution in [1.29, 1.82) is 5.26 Å². The molecule has 0 spiro atoms. The summed E-state index contributed by atoms with van der Waals surface area (Å²) in [5, 5.41) is 8.30. The first kappa shape index (κ1) is 13.5. The van der Waals surface area contributed by atoms with Gasteiger partial charge in [-0.25, -0.2) is 8.42 Å². The summed E-state index contributed by atoms with van der Waals surface area (Å²) < 4.78 is 24.0. The molecule has 3 atom stereocenters. The van der Waals surface area contributed by atoms with Gasteiger partial charge < -0.3 is 0 Å². The molecule has 0 N–H and O–H groups in total. The fourth-order valence-electron chi connectivity index (χ4n) is 2.72. The maximum Gasteiger partial charge on any atom is 0.166 e. The number of rotatable bonds is 3. The highest BCUT2D eigenvalue weighted by atomic mass is 32.2. The zero-order valence-corrected chi connectivity index (χ0v) is 11.1. The minimum atomic E-state index is -3.22. The molecule has 0 unspecified atom stereocenters. The van der Waals surface area contributed by atoms with Gasteiger partial charge in [0, 0.05) is 0 Å². The Labute approximate surface area is 98.8 Å². The van der Waals surface area contributed by atoms with Crippen LogP contribution in [-0.2, 0) is 9.84 Å². The number of hydrogen-bond acceptors (Lipinski definition) is 3. The van der Waals surface area contributed by atoms with Crippen molar-refractivity contribution in [2.45, 2.75) is 45.3 Å². The third-order valence-corrected chi connectivity index (χ3v) is 5.68. The molecule has 0 amide bonds. The Morgan fingerprint density at radius 2 is 2.00 bits per heavy atom. The Hall–Kier alpha value is -0.560. The van der Waals surface area contributed by atoms with E-state index in [1.807, 2.05) is 0 Å². The normalized spacial score (nSPS) is 31.3. The largest absolute Gasteiger partial charge is 0.227 e. The van der Waals surface area contributed by atoms with Gasteiger partial charge >= 0.3 is 0 Å². The molecule has 0 aromatic carbocycles. The first-order valence-electron chi connectivity index (χ1n) is 5.97. The van der Waals surface area contributed by atoms with Crippen molar-refractivity contribution in [3.8, 4) is 6.07 Å². The molecular formula is C12H21NO2S. The highest BCUT2D eigenvalue weighted by Gasteiger charge is 2.38. The molecule has 1 saturated carbocycles. The van der Waals surface area contributed by atoms with E-state index in [4.69, 9.17) is 5.26 Å². The predicted octanol–water partition coefficient (Wildman–Crippen LogP) is 2.39. The molecule has 1 aliphatic rings. The average Bonchev–Trinajstić information content (AvgIpc) is 2.17. The second-order valence-electron chi connectivity index (χ2n) is 5.33. The van der Waals surface area contributed by atoms with Crippen molar-refractivity contribution < 1.29 is 8.42 Å². The average molecular weight is 243 g/mol. The first-order chi connectivity index (χ1) is 7.38. The van der Waals surface area contributed by atoms with Crippen LogP contribution in [0.3, 0.4) is 0 Å². The van der Waals surface area contributed by atoms with Crippen molar-refractivity contribution in [3.05, 3.63) is 0 Å². The minimum absolute atomic E-state index is 0.231. The lowest BCUT2D eigenvalue weighted by molar-refractivity contribution is 0.237. The second-order valence-corrected chi connectivity index (χ2v) is 7.55. The molecule has 0 aliphatic heterocycles. The zero-order valence-electron chi connectivity index (χ0n) is 10.3. The monoisotopic (exact) mass is 243 g/mol. The van der Waals surface area contributed by atoms with E-state index in [0.717, 1.165) is 19.3 Å². The molecule has 0 heterocycles. The van der Waals surface area contributed by atoms with Gasteiger partial charge in [0.15, 0.2) is 9.84 Å². The standard InChI is InChI=1S/C12H21NO2S/c1-9(2)11-5-4-10(3)8-12(11)16(14,15)7-6-13/h9-12H,4-5,7-8H2,1-3H3/t10-,11+,12+/m1/s1. The van der Waals surface area contributed by atoms with Crippen LogP contribution in [0.25, 0.3) is 0 Å². The summed E-state index contributed by atoms with van der Waals surface area (Å²) in [5.74, 6) is 0.752. The van der Waals surface area contributed by atoms with Gasteiger partial charge in [-0.2, -0.15) is 5.26 Å². The molecular weight excluding hydrogens is 222 g/mol. The molecule has 1 rings (SSSR count). The van der Waals surface area contributed by atoms with E-state index in [9.17, 15) is 8.42 Å². The number of nitriles is 1. The van der Waals surface area contributed by atoms with Crippen LogP contribution in [0.2, 0.25) is 0 Å². The van der Waals surface area contributed by atoms with Crippen LogP contribution < -0.4 is 0 Å². The molecule has 92 valence electrons. The summed E-state index contributed by atoms with van der Waals surface area (Å²) >= 11 is 0. The van der Waals surface area contributed by atoms with Gasteiger partial charge in [-0.05, 0) is 30.6 Å². The van der Waals surface area contributed by atoms with Crippen molar-refractivity contribution >= 4 is 9.84 Å². The van der Waals surface area contributed by atoms with Crippen LogP contribution in [0.5, 0.6) is 0 Å². The van der Waals surface area contributed by atoms with Gasteiger partial charge in [-0.1, -0.05) is 27.2 Å². The van der Waals surface area contributed by atoms with E-state index in [2.05, 4.69) is 20.8 Å². The van der Waals surface area contributed by atoms with Crippen LogP contribution in [0.1, 0.15) is 40.0 Å². The summed E-state index contributed by atoms with van der Waals surface area (Å²) in [6, 6.07) is 1.79. The lowest BCUT2D eigenvalue weighted by atomic mass is 9.77. The van der Waals surface area contributed by atoms with Gasteiger partial charge in [0.25, 0.3) is 0 Å². The lowest BCUT2D eigenvalue weighted by Crippen LogP contribution is -2.39. The first-order valence-corrected chi connectivity index (χ1v) is 7.68. The van der Waals surface area contributed by atoms with Gasteiger partial charge in [-0.3, -0.25) is 0 Å². The Morgan fingerprint density at radius 3 is 2.50 bits per heavy atom. The smallest absolute Gasteiger partial charge is 0.166 e. The zero-order chi connectivity index (χ0) is 12.3. The van der Waals surface area contributed by atoms with Gasteiger partial charge in [0.1, 0.15) is 5.75 Å². The molecule has 0 aromatic rings. The van der Waals surface area contributed by atoms with E-state index in [1.54, 1.807) is 6.07 Å². The van der Waals surface area contributed by atoms with E-state index in [1.165, 1.54) is 0 Å². The quantitative estimate of drug-likeness (QED) is 0.764. The van der Waals surface area contributed by atoms with E-state index in [0.29, 0.717) is 11.8 Å². The maximum atomic E-state index is 12.0. The summed E-state index contributed by atoms with van der Waals surface area (Å²) in [6.45, 7) is 6.26. The highest BCUT2D eigenvalue weighted by molar-refractivity contribution is 7.92. The molecule has 0 radical (unpaired) electrons. The van der Waals surface area contributed by atoms with E-state index < -0.39 is 9.84 Å². The second kappa shape index (κ2) is 5.18. The Morgan fingerprint density at radius 1 is 1.38 bits per heavy atom. The molecule has 0 bridgehead atoms. The van der Waals surface area contributed by atoms with Crippen molar-refractivity contribution in [2.75, 3.05) is 5.75 Å². The number of hydrogen-bond donors (Lipinski definition) is 0. The van der Waals surface area contributed by atoms with Gasteiger partial charge in [-0.15, -0.1) is 0 Å².